The van der Waals surface area contributed by atoms with Crippen LogP contribution in [0, 0.1) is 6.92 Å². The molecule has 0 atom stereocenters. The molecule has 0 aliphatic rings. The Morgan fingerprint density at radius 2 is 2.05 bits per heavy atom. The van der Waals surface area contributed by atoms with E-state index in [4.69, 9.17) is 10.3 Å². The Morgan fingerprint density at radius 1 is 1.20 bits per heavy atom. The Bertz CT molecular complexity index is 797. The van der Waals surface area contributed by atoms with Gasteiger partial charge in [-0.2, -0.15) is 0 Å². The van der Waals surface area contributed by atoms with Crippen LogP contribution in [0.1, 0.15) is 5.56 Å². The van der Waals surface area contributed by atoms with Gasteiger partial charge < -0.3 is 15.2 Å². The summed E-state index contributed by atoms with van der Waals surface area (Å²) in [6, 6.07) is 11.1. The molecule has 5 heteroatoms. The van der Waals surface area contributed by atoms with Crippen LogP contribution in [0.25, 0.3) is 22.4 Å². The van der Waals surface area contributed by atoms with Crippen molar-refractivity contribution in [2.75, 3.05) is 5.73 Å². The fraction of sp³-hybridized carbons (Fsp3) is 0.0667. The Hall–Kier alpha value is -2.82. The number of rotatable bonds is 2. The zero-order valence-corrected chi connectivity index (χ0v) is 10.9. The van der Waals surface area contributed by atoms with Gasteiger partial charge in [0.1, 0.15) is 5.69 Å². The van der Waals surface area contributed by atoms with Gasteiger partial charge in [0.15, 0.2) is 0 Å². The smallest absolute Gasteiger partial charge is 0.247 e. The van der Waals surface area contributed by atoms with Crippen LogP contribution in [-0.2, 0) is 0 Å². The first-order chi connectivity index (χ1) is 9.65. The largest absolute Gasteiger partial charge is 0.367 e. The molecular formula is C15H13N3O2. The number of anilines is 1. The highest BCUT2D eigenvalue weighted by Crippen LogP contribution is 2.35. The summed E-state index contributed by atoms with van der Waals surface area (Å²) >= 11 is 0. The SMILES string of the molecule is Cc1cccc(-c2c(-c3ccc(=O)[nH]c3)noc2N)c1. The molecule has 0 fully saturated rings. The molecule has 100 valence electrons. The molecule has 2 heterocycles. The molecule has 0 amide bonds. The van der Waals surface area contributed by atoms with Crippen LogP contribution < -0.4 is 11.3 Å². The fourth-order valence-electron chi connectivity index (χ4n) is 2.14. The quantitative estimate of drug-likeness (QED) is 0.747. The maximum absolute atomic E-state index is 11.1. The lowest BCUT2D eigenvalue weighted by Crippen LogP contribution is -2.01. The van der Waals surface area contributed by atoms with Crippen molar-refractivity contribution in [2.24, 2.45) is 0 Å². The molecule has 3 aromatic rings. The first-order valence-electron chi connectivity index (χ1n) is 6.16. The Kier molecular flexibility index (Phi) is 2.87. The van der Waals surface area contributed by atoms with E-state index in [0.717, 1.165) is 22.3 Å². The number of nitrogens with zero attached hydrogens (tertiary/aromatic N) is 1. The van der Waals surface area contributed by atoms with E-state index >= 15 is 0 Å². The number of hydrogen-bond donors (Lipinski definition) is 2. The summed E-state index contributed by atoms with van der Waals surface area (Å²) in [7, 11) is 0. The van der Waals surface area contributed by atoms with Crippen LogP contribution in [0.3, 0.4) is 0 Å². The summed E-state index contributed by atoms with van der Waals surface area (Å²) in [4.78, 5) is 13.8. The van der Waals surface area contributed by atoms with E-state index in [9.17, 15) is 4.79 Å². The van der Waals surface area contributed by atoms with Crippen molar-refractivity contribution in [3.05, 3.63) is 58.5 Å². The van der Waals surface area contributed by atoms with E-state index in [2.05, 4.69) is 10.1 Å². The summed E-state index contributed by atoms with van der Waals surface area (Å²) in [5, 5.41) is 4.00. The lowest BCUT2D eigenvalue weighted by Gasteiger charge is -2.03. The predicted octanol–water partition coefficient (Wildman–Crippen LogP) is 2.59. The molecule has 0 saturated heterocycles. The summed E-state index contributed by atoms with van der Waals surface area (Å²) in [5.41, 5.74) is 9.88. The topological polar surface area (TPSA) is 84.9 Å². The number of pyridine rings is 1. The van der Waals surface area contributed by atoms with Crippen molar-refractivity contribution in [3.8, 4) is 22.4 Å². The van der Waals surface area contributed by atoms with Gasteiger partial charge in [0.05, 0.1) is 5.56 Å². The number of nitrogen functional groups attached to an aromatic ring is 1. The highest BCUT2D eigenvalue weighted by atomic mass is 16.5. The molecule has 3 rings (SSSR count). The van der Waals surface area contributed by atoms with E-state index < -0.39 is 0 Å². The zero-order valence-electron chi connectivity index (χ0n) is 10.9. The number of aromatic amines is 1. The summed E-state index contributed by atoms with van der Waals surface area (Å²) in [6.45, 7) is 2.01. The Labute approximate surface area is 115 Å². The maximum Gasteiger partial charge on any atom is 0.247 e. The van der Waals surface area contributed by atoms with Crippen molar-refractivity contribution in [1.29, 1.82) is 0 Å². The second kappa shape index (κ2) is 4.70. The van der Waals surface area contributed by atoms with E-state index in [1.165, 1.54) is 6.07 Å². The molecule has 0 spiro atoms. The van der Waals surface area contributed by atoms with Crippen LogP contribution >= 0.6 is 0 Å². The molecule has 3 N–H and O–H groups in total. The molecule has 0 unspecified atom stereocenters. The van der Waals surface area contributed by atoms with Crippen LogP contribution in [0.5, 0.6) is 0 Å². The number of hydrogen-bond acceptors (Lipinski definition) is 4. The van der Waals surface area contributed by atoms with Crippen molar-refractivity contribution < 1.29 is 4.52 Å². The van der Waals surface area contributed by atoms with Crippen LogP contribution in [0.15, 0.2) is 51.9 Å². The van der Waals surface area contributed by atoms with Crippen molar-refractivity contribution in [3.63, 3.8) is 0 Å². The van der Waals surface area contributed by atoms with Gasteiger partial charge >= 0.3 is 0 Å². The van der Waals surface area contributed by atoms with E-state index in [0.29, 0.717) is 5.69 Å². The first kappa shape index (κ1) is 12.2. The van der Waals surface area contributed by atoms with Gasteiger partial charge in [-0.1, -0.05) is 35.0 Å². The monoisotopic (exact) mass is 267 g/mol. The van der Waals surface area contributed by atoms with Gasteiger partial charge in [-0.25, -0.2) is 0 Å². The minimum atomic E-state index is -0.165. The second-order valence-corrected chi connectivity index (χ2v) is 4.58. The molecule has 2 aromatic heterocycles. The molecule has 0 aliphatic heterocycles. The van der Waals surface area contributed by atoms with E-state index in [1.807, 2.05) is 31.2 Å². The van der Waals surface area contributed by atoms with Crippen LogP contribution in [0.2, 0.25) is 0 Å². The summed E-state index contributed by atoms with van der Waals surface area (Å²) in [6.07, 6.45) is 1.60. The van der Waals surface area contributed by atoms with Gasteiger partial charge in [0, 0.05) is 17.8 Å². The standard InChI is InChI=1S/C15H13N3O2/c1-9-3-2-4-10(7-9)13-14(18-20-15(13)16)11-5-6-12(19)17-8-11/h2-8H,16H2,1H3,(H,17,19). The molecule has 1 aromatic carbocycles. The van der Waals surface area contributed by atoms with Crippen molar-refractivity contribution in [2.45, 2.75) is 6.92 Å². The van der Waals surface area contributed by atoms with Gasteiger partial charge in [-0.15, -0.1) is 0 Å². The highest BCUT2D eigenvalue weighted by Gasteiger charge is 2.17. The average Bonchev–Trinajstić information content (AvgIpc) is 2.81. The normalized spacial score (nSPS) is 10.7. The van der Waals surface area contributed by atoms with Crippen molar-refractivity contribution >= 4 is 5.88 Å². The van der Waals surface area contributed by atoms with Gasteiger partial charge in [0.2, 0.25) is 11.4 Å². The molecule has 0 radical (unpaired) electrons. The van der Waals surface area contributed by atoms with Crippen molar-refractivity contribution in [1.82, 2.24) is 10.1 Å². The number of aromatic nitrogens is 2. The molecule has 0 aliphatic carbocycles. The van der Waals surface area contributed by atoms with Crippen LogP contribution in [0.4, 0.5) is 5.88 Å². The predicted molar refractivity (Wildman–Crippen MR) is 77.1 cm³/mol. The lowest BCUT2D eigenvalue weighted by atomic mass is 10.0. The molecule has 0 bridgehead atoms. The zero-order chi connectivity index (χ0) is 14.1. The fourth-order valence-corrected chi connectivity index (χ4v) is 2.14. The molecule has 0 saturated carbocycles. The average molecular weight is 267 g/mol. The Morgan fingerprint density at radius 3 is 2.75 bits per heavy atom. The number of aryl methyl sites for hydroxylation is 1. The Balaban J connectivity index is 2.19. The third-order valence-electron chi connectivity index (χ3n) is 3.08. The lowest BCUT2D eigenvalue weighted by molar-refractivity contribution is 0.439. The minimum absolute atomic E-state index is 0.165. The third kappa shape index (κ3) is 2.09. The number of nitrogens with one attached hydrogen (secondary N) is 1. The minimum Gasteiger partial charge on any atom is -0.367 e. The third-order valence-corrected chi connectivity index (χ3v) is 3.08. The number of nitrogens with two attached hydrogens (primary N) is 1. The van der Waals surface area contributed by atoms with E-state index in [-0.39, 0.29) is 11.4 Å². The first-order valence-corrected chi connectivity index (χ1v) is 6.16. The number of H-pyrrole nitrogens is 1. The summed E-state index contributed by atoms with van der Waals surface area (Å²) < 4.78 is 5.11. The van der Waals surface area contributed by atoms with Crippen LogP contribution in [-0.4, -0.2) is 10.1 Å². The van der Waals surface area contributed by atoms with Gasteiger partial charge in [-0.3, -0.25) is 4.79 Å². The van der Waals surface area contributed by atoms with Gasteiger partial charge in [0.25, 0.3) is 0 Å². The highest BCUT2D eigenvalue weighted by molar-refractivity contribution is 5.86. The maximum atomic E-state index is 11.1. The summed E-state index contributed by atoms with van der Waals surface area (Å²) in [5.74, 6) is 0.261. The molecular weight excluding hydrogens is 254 g/mol. The second-order valence-electron chi connectivity index (χ2n) is 4.58. The molecule has 5 nitrogen and oxygen atoms in total. The van der Waals surface area contributed by atoms with Gasteiger partial charge in [-0.05, 0) is 18.6 Å². The number of benzene rings is 1. The van der Waals surface area contributed by atoms with E-state index in [1.54, 1.807) is 12.3 Å². The molecule has 20 heavy (non-hydrogen) atoms.